The van der Waals surface area contributed by atoms with Gasteiger partial charge in [-0.2, -0.15) is 0 Å². The number of carbonyl (C=O) groups excluding carboxylic acids is 3. The molecule has 2 heterocycles. The van der Waals surface area contributed by atoms with Crippen LogP contribution in [0.15, 0.2) is 42.9 Å². The first-order valence-corrected chi connectivity index (χ1v) is 9.46. The van der Waals surface area contributed by atoms with E-state index in [0.717, 1.165) is 11.3 Å². The van der Waals surface area contributed by atoms with Gasteiger partial charge in [0, 0.05) is 23.1 Å². The number of anilines is 2. The molecule has 2 amide bonds. The van der Waals surface area contributed by atoms with Crippen molar-refractivity contribution in [2.45, 2.75) is 6.92 Å². The van der Waals surface area contributed by atoms with Crippen LogP contribution in [-0.2, 0) is 4.74 Å². The minimum atomic E-state index is -0.668. The second-order valence-electron chi connectivity index (χ2n) is 5.76. The molecule has 2 N–H and O–H groups in total. The van der Waals surface area contributed by atoms with Gasteiger partial charge >= 0.3 is 5.97 Å². The first-order chi connectivity index (χ1) is 13.9. The van der Waals surface area contributed by atoms with Crippen LogP contribution in [0, 0.1) is 6.92 Å². The molecule has 10 heteroatoms. The van der Waals surface area contributed by atoms with Crippen molar-refractivity contribution in [3.8, 4) is 0 Å². The van der Waals surface area contributed by atoms with Gasteiger partial charge in [-0.1, -0.05) is 11.6 Å². The highest BCUT2D eigenvalue weighted by Gasteiger charge is 2.27. The van der Waals surface area contributed by atoms with Crippen LogP contribution in [0.2, 0.25) is 5.02 Å². The lowest BCUT2D eigenvalue weighted by Crippen LogP contribution is -2.15. The third-order valence-corrected chi connectivity index (χ3v) is 5.33. The zero-order valence-corrected chi connectivity index (χ0v) is 16.9. The van der Waals surface area contributed by atoms with Gasteiger partial charge in [0.05, 0.1) is 23.7 Å². The molecule has 148 valence electrons. The number of rotatable bonds is 5. The first kappa shape index (κ1) is 20.4. The molecule has 0 spiro atoms. The Labute approximate surface area is 174 Å². The van der Waals surface area contributed by atoms with E-state index < -0.39 is 17.8 Å². The topological polar surface area (TPSA) is 110 Å². The van der Waals surface area contributed by atoms with Gasteiger partial charge in [0.2, 0.25) is 0 Å². The van der Waals surface area contributed by atoms with Gasteiger partial charge in [0.1, 0.15) is 10.7 Å². The summed E-state index contributed by atoms with van der Waals surface area (Å²) in [6, 6.07) is 6.60. The van der Waals surface area contributed by atoms with E-state index in [1.54, 1.807) is 31.2 Å². The predicted molar refractivity (Wildman–Crippen MR) is 110 cm³/mol. The Balaban J connectivity index is 1.92. The van der Waals surface area contributed by atoms with Crippen molar-refractivity contribution in [2.24, 2.45) is 0 Å². The van der Waals surface area contributed by atoms with E-state index >= 15 is 0 Å². The Bertz CT molecular complexity index is 1070. The highest BCUT2D eigenvalue weighted by atomic mass is 35.5. The molecular formula is C19H15ClN4O4S. The molecule has 0 fully saturated rings. The summed E-state index contributed by atoms with van der Waals surface area (Å²) in [6.07, 6.45) is 4.10. The van der Waals surface area contributed by atoms with E-state index in [2.05, 4.69) is 20.6 Å². The van der Waals surface area contributed by atoms with Crippen LogP contribution in [-0.4, -0.2) is 34.9 Å². The third kappa shape index (κ3) is 4.58. The summed E-state index contributed by atoms with van der Waals surface area (Å²) in [5.41, 5.74) is 1.11. The monoisotopic (exact) mass is 430 g/mol. The summed E-state index contributed by atoms with van der Waals surface area (Å²) in [5.74, 6) is -1.66. The van der Waals surface area contributed by atoms with Crippen molar-refractivity contribution >= 4 is 51.4 Å². The molecule has 29 heavy (non-hydrogen) atoms. The van der Waals surface area contributed by atoms with E-state index in [1.807, 2.05) is 0 Å². The second-order valence-corrected chi connectivity index (χ2v) is 7.21. The van der Waals surface area contributed by atoms with Crippen molar-refractivity contribution < 1.29 is 19.1 Å². The summed E-state index contributed by atoms with van der Waals surface area (Å²) >= 11 is 6.82. The number of carbonyl (C=O) groups is 3. The molecule has 1 aromatic carbocycles. The standard InChI is InChI=1S/C19H15ClN4O4S/c1-10-14(19(27)28-2)18(24-16(25)13-9-21-7-8-22-13)29-15(10)17(26)23-12-5-3-11(20)4-6-12/h3-9H,1-2H3,(H,23,26)(H,24,25). The predicted octanol–water partition coefficient (Wildman–Crippen LogP) is 3.79. The molecule has 3 rings (SSSR count). The van der Waals surface area contributed by atoms with Gasteiger partial charge in [-0.15, -0.1) is 11.3 Å². The summed E-state index contributed by atoms with van der Waals surface area (Å²) in [6.45, 7) is 1.61. The first-order valence-electron chi connectivity index (χ1n) is 8.26. The SMILES string of the molecule is COC(=O)c1c(NC(=O)c2cnccn2)sc(C(=O)Nc2ccc(Cl)cc2)c1C. The number of benzene rings is 1. The molecular weight excluding hydrogens is 416 g/mol. The highest BCUT2D eigenvalue weighted by molar-refractivity contribution is 7.19. The molecule has 0 radical (unpaired) electrons. The maximum absolute atomic E-state index is 12.7. The lowest BCUT2D eigenvalue weighted by molar-refractivity contribution is 0.0601. The molecule has 0 saturated carbocycles. The Kier molecular flexibility index (Phi) is 6.20. The number of hydrogen-bond acceptors (Lipinski definition) is 7. The van der Waals surface area contributed by atoms with Gasteiger partial charge in [0.15, 0.2) is 0 Å². The molecule has 0 aliphatic carbocycles. The van der Waals surface area contributed by atoms with Crippen molar-refractivity contribution in [2.75, 3.05) is 17.7 Å². The summed E-state index contributed by atoms with van der Waals surface area (Å²) in [5, 5.41) is 6.07. The van der Waals surface area contributed by atoms with Gasteiger partial charge in [-0.25, -0.2) is 9.78 Å². The average Bonchev–Trinajstić information content (AvgIpc) is 3.05. The number of methoxy groups -OCH3 is 1. The summed E-state index contributed by atoms with van der Waals surface area (Å²) in [7, 11) is 1.22. The van der Waals surface area contributed by atoms with E-state index in [4.69, 9.17) is 16.3 Å². The number of ether oxygens (including phenoxy) is 1. The molecule has 0 unspecified atom stereocenters. The molecule has 0 atom stereocenters. The smallest absolute Gasteiger partial charge is 0.341 e. The normalized spacial score (nSPS) is 10.3. The second kappa shape index (κ2) is 8.80. The van der Waals surface area contributed by atoms with E-state index in [-0.39, 0.29) is 21.1 Å². The molecule has 0 aliphatic heterocycles. The number of thiophene rings is 1. The van der Waals surface area contributed by atoms with Crippen LogP contribution in [0.3, 0.4) is 0 Å². The van der Waals surface area contributed by atoms with Crippen LogP contribution in [0.5, 0.6) is 0 Å². The highest BCUT2D eigenvalue weighted by Crippen LogP contribution is 2.34. The van der Waals surface area contributed by atoms with Crippen molar-refractivity contribution in [1.82, 2.24) is 9.97 Å². The van der Waals surface area contributed by atoms with Crippen molar-refractivity contribution in [3.05, 3.63) is 69.6 Å². The number of amides is 2. The molecule has 2 aromatic heterocycles. The lowest BCUT2D eigenvalue weighted by Gasteiger charge is -2.05. The largest absolute Gasteiger partial charge is 0.465 e. The number of halogens is 1. The fourth-order valence-corrected chi connectivity index (χ4v) is 3.68. The van der Waals surface area contributed by atoms with E-state index in [0.29, 0.717) is 16.3 Å². The molecule has 0 bridgehead atoms. The molecule has 0 aliphatic rings. The van der Waals surface area contributed by atoms with Crippen LogP contribution in [0.25, 0.3) is 0 Å². The summed E-state index contributed by atoms with van der Waals surface area (Å²) in [4.78, 5) is 45.4. The fraction of sp³-hybridized carbons (Fsp3) is 0.105. The van der Waals surface area contributed by atoms with Gasteiger partial charge in [0.25, 0.3) is 11.8 Å². The Morgan fingerprint density at radius 1 is 1.07 bits per heavy atom. The number of nitrogens with one attached hydrogen (secondary N) is 2. The Morgan fingerprint density at radius 2 is 1.79 bits per heavy atom. The molecule has 8 nitrogen and oxygen atoms in total. The van der Waals surface area contributed by atoms with E-state index in [9.17, 15) is 14.4 Å². The van der Waals surface area contributed by atoms with Gasteiger partial charge in [-0.05, 0) is 36.8 Å². The van der Waals surface area contributed by atoms with Crippen molar-refractivity contribution in [3.63, 3.8) is 0 Å². The van der Waals surface area contributed by atoms with E-state index in [1.165, 1.54) is 25.7 Å². The zero-order chi connectivity index (χ0) is 21.0. The lowest BCUT2D eigenvalue weighted by atomic mass is 10.1. The number of nitrogens with zero attached hydrogens (tertiary/aromatic N) is 2. The fourth-order valence-electron chi connectivity index (χ4n) is 2.47. The van der Waals surface area contributed by atoms with Gasteiger partial charge in [-0.3, -0.25) is 14.6 Å². The maximum Gasteiger partial charge on any atom is 0.341 e. The quantitative estimate of drug-likeness (QED) is 0.596. The third-order valence-electron chi connectivity index (χ3n) is 3.87. The number of aromatic nitrogens is 2. The van der Waals surface area contributed by atoms with Crippen LogP contribution >= 0.6 is 22.9 Å². The Morgan fingerprint density at radius 3 is 2.41 bits per heavy atom. The zero-order valence-electron chi connectivity index (χ0n) is 15.4. The molecule has 3 aromatic rings. The van der Waals surface area contributed by atoms with Crippen LogP contribution in [0.1, 0.15) is 36.1 Å². The number of esters is 1. The van der Waals surface area contributed by atoms with Crippen LogP contribution in [0.4, 0.5) is 10.7 Å². The minimum absolute atomic E-state index is 0.0709. The average molecular weight is 431 g/mol. The number of hydrogen-bond donors (Lipinski definition) is 2. The maximum atomic E-state index is 12.7. The minimum Gasteiger partial charge on any atom is -0.465 e. The molecule has 0 saturated heterocycles. The Hall–Kier alpha value is -3.30. The summed E-state index contributed by atoms with van der Waals surface area (Å²) < 4.78 is 4.81. The van der Waals surface area contributed by atoms with Crippen LogP contribution < -0.4 is 10.6 Å². The van der Waals surface area contributed by atoms with Gasteiger partial charge < -0.3 is 15.4 Å². The van der Waals surface area contributed by atoms with Crippen molar-refractivity contribution in [1.29, 1.82) is 0 Å².